The Hall–Kier alpha value is -2.34. The van der Waals surface area contributed by atoms with E-state index in [1.165, 1.54) is 25.9 Å². The van der Waals surface area contributed by atoms with Gasteiger partial charge >= 0.3 is 0 Å². The molecule has 0 bridgehead atoms. The number of hydrogen-bond donors (Lipinski definition) is 1. The van der Waals surface area contributed by atoms with Crippen molar-refractivity contribution in [3.63, 3.8) is 0 Å². The first kappa shape index (κ1) is 18.5. The van der Waals surface area contributed by atoms with Crippen LogP contribution in [0.1, 0.15) is 37.4 Å². The zero-order chi connectivity index (χ0) is 18.4. The molecule has 1 aliphatic rings. The number of benzene rings is 1. The molecule has 1 fully saturated rings. The Morgan fingerprint density at radius 1 is 1.35 bits per heavy atom. The molecule has 140 valence electrons. The smallest absolute Gasteiger partial charge is 0.221 e. The minimum Gasteiger partial charge on any atom is -0.494 e. The van der Waals surface area contributed by atoms with Crippen LogP contribution in [0.5, 0.6) is 5.75 Å². The van der Waals surface area contributed by atoms with Gasteiger partial charge in [-0.25, -0.2) is 9.66 Å². The molecule has 6 heteroatoms. The molecule has 0 saturated carbocycles. The van der Waals surface area contributed by atoms with Crippen LogP contribution >= 0.6 is 0 Å². The predicted molar refractivity (Wildman–Crippen MR) is 106 cm³/mol. The van der Waals surface area contributed by atoms with Gasteiger partial charge in [-0.05, 0) is 68.5 Å². The Labute approximate surface area is 155 Å². The van der Waals surface area contributed by atoms with Crippen LogP contribution in [0.25, 0.3) is 0 Å². The van der Waals surface area contributed by atoms with E-state index in [1.807, 2.05) is 31.2 Å². The van der Waals surface area contributed by atoms with Gasteiger partial charge in [0.1, 0.15) is 5.75 Å². The van der Waals surface area contributed by atoms with E-state index in [4.69, 9.17) is 10.5 Å². The second kappa shape index (κ2) is 8.85. The third-order valence-corrected chi connectivity index (χ3v) is 4.67. The summed E-state index contributed by atoms with van der Waals surface area (Å²) in [5.74, 6) is 2.12. The fraction of sp³-hybridized carbons (Fsp3) is 0.500. The zero-order valence-corrected chi connectivity index (χ0v) is 15.8. The summed E-state index contributed by atoms with van der Waals surface area (Å²) in [5.41, 5.74) is 7.61. The van der Waals surface area contributed by atoms with Crippen LogP contribution < -0.4 is 10.5 Å². The maximum atomic E-state index is 5.86. The third-order valence-electron chi connectivity index (χ3n) is 4.67. The number of ether oxygens (including phenoxy) is 1. The Bertz CT molecular complexity index is 722. The average Bonchev–Trinajstić information content (AvgIpc) is 2.95. The van der Waals surface area contributed by atoms with Crippen molar-refractivity contribution in [1.29, 1.82) is 0 Å². The molecular weight excluding hydrogens is 326 g/mol. The Morgan fingerprint density at radius 2 is 2.15 bits per heavy atom. The van der Waals surface area contributed by atoms with E-state index in [0.29, 0.717) is 5.95 Å². The van der Waals surface area contributed by atoms with Gasteiger partial charge in [-0.15, -0.1) is 0 Å². The lowest BCUT2D eigenvalue weighted by Crippen LogP contribution is -2.35. The highest BCUT2D eigenvalue weighted by Crippen LogP contribution is 2.16. The summed E-state index contributed by atoms with van der Waals surface area (Å²) in [4.78, 5) is 6.68. The first-order valence-corrected chi connectivity index (χ1v) is 9.41. The Kier molecular flexibility index (Phi) is 6.28. The molecule has 0 amide bonds. The molecule has 2 N–H and O–H groups in total. The van der Waals surface area contributed by atoms with E-state index in [9.17, 15) is 0 Å². The zero-order valence-electron chi connectivity index (χ0n) is 15.8. The van der Waals surface area contributed by atoms with Crippen LogP contribution in [0, 0.1) is 12.8 Å². The number of hydrogen-bond acceptors (Lipinski definition) is 5. The monoisotopic (exact) mass is 355 g/mol. The van der Waals surface area contributed by atoms with Crippen LogP contribution in [0.2, 0.25) is 0 Å². The Balaban J connectivity index is 1.42. The minimum absolute atomic E-state index is 0.391. The highest BCUT2D eigenvalue weighted by atomic mass is 16.5. The molecule has 6 nitrogen and oxygen atoms in total. The molecule has 1 atom stereocenters. The van der Waals surface area contributed by atoms with Crippen molar-refractivity contribution in [3.05, 3.63) is 41.7 Å². The molecular formula is C20H29N5O. The molecule has 1 aromatic heterocycles. The van der Waals surface area contributed by atoms with Gasteiger partial charge in [0.2, 0.25) is 5.95 Å². The summed E-state index contributed by atoms with van der Waals surface area (Å²) in [6.07, 6.45) is 7.32. The van der Waals surface area contributed by atoms with Gasteiger partial charge in [0.05, 0.1) is 24.7 Å². The van der Waals surface area contributed by atoms with Gasteiger partial charge in [-0.3, -0.25) is 0 Å². The summed E-state index contributed by atoms with van der Waals surface area (Å²) in [6.45, 7) is 8.58. The molecule has 1 unspecified atom stereocenters. The van der Waals surface area contributed by atoms with Gasteiger partial charge in [-0.1, -0.05) is 6.92 Å². The van der Waals surface area contributed by atoms with E-state index < -0.39 is 0 Å². The van der Waals surface area contributed by atoms with Crippen molar-refractivity contribution < 1.29 is 4.74 Å². The molecule has 1 saturated heterocycles. The number of rotatable bonds is 7. The van der Waals surface area contributed by atoms with Crippen molar-refractivity contribution in [2.75, 3.05) is 32.0 Å². The fourth-order valence-corrected chi connectivity index (χ4v) is 3.34. The van der Waals surface area contributed by atoms with Crippen LogP contribution in [-0.2, 0) is 0 Å². The third kappa shape index (κ3) is 5.33. The van der Waals surface area contributed by atoms with Gasteiger partial charge < -0.3 is 15.4 Å². The molecule has 2 aromatic rings. The van der Waals surface area contributed by atoms with Crippen molar-refractivity contribution in [2.24, 2.45) is 11.0 Å². The first-order chi connectivity index (χ1) is 12.6. The highest BCUT2D eigenvalue weighted by molar-refractivity contribution is 5.79. The molecule has 2 heterocycles. The number of nitrogens with zero attached hydrogens (tertiary/aromatic N) is 4. The molecule has 0 radical (unpaired) electrons. The summed E-state index contributed by atoms with van der Waals surface area (Å²) in [6, 6.07) is 7.94. The first-order valence-electron chi connectivity index (χ1n) is 9.41. The van der Waals surface area contributed by atoms with Crippen LogP contribution in [0.4, 0.5) is 5.95 Å². The topological polar surface area (TPSA) is 68.7 Å². The maximum Gasteiger partial charge on any atom is 0.221 e. The number of piperidine rings is 1. The second-order valence-electron chi connectivity index (χ2n) is 7.15. The quantitative estimate of drug-likeness (QED) is 0.612. The van der Waals surface area contributed by atoms with Gasteiger partial charge in [-0.2, -0.15) is 5.10 Å². The SMILES string of the molecule is Cc1cn(N=Cc2ccc(OCCCN3CCCC(C)C3)cc2)c(N)n1. The number of aromatic nitrogens is 2. The summed E-state index contributed by atoms with van der Waals surface area (Å²) in [7, 11) is 0. The summed E-state index contributed by atoms with van der Waals surface area (Å²) in [5, 5.41) is 4.32. The van der Waals surface area contributed by atoms with Crippen molar-refractivity contribution in [3.8, 4) is 5.75 Å². The summed E-state index contributed by atoms with van der Waals surface area (Å²) < 4.78 is 7.43. The number of anilines is 1. The van der Waals surface area contributed by atoms with Gasteiger partial charge in [0.25, 0.3) is 0 Å². The van der Waals surface area contributed by atoms with Crippen molar-refractivity contribution in [2.45, 2.75) is 33.1 Å². The van der Waals surface area contributed by atoms with Crippen LogP contribution in [0.3, 0.4) is 0 Å². The van der Waals surface area contributed by atoms with Crippen molar-refractivity contribution in [1.82, 2.24) is 14.6 Å². The lowest BCUT2D eigenvalue weighted by molar-refractivity contribution is 0.170. The van der Waals surface area contributed by atoms with E-state index in [1.54, 1.807) is 17.1 Å². The minimum atomic E-state index is 0.391. The Morgan fingerprint density at radius 3 is 2.85 bits per heavy atom. The lowest BCUT2D eigenvalue weighted by atomic mass is 10.0. The largest absolute Gasteiger partial charge is 0.494 e. The second-order valence-corrected chi connectivity index (χ2v) is 7.15. The molecule has 1 aromatic carbocycles. The number of imidazole rings is 1. The standard InChI is InChI=1S/C20H29N5O/c1-16-5-3-10-24(14-16)11-4-12-26-19-8-6-18(7-9-19)13-22-25-15-17(2)23-20(25)21/h6-9,13,15-16H,3-5,10-12,14H2,1-2H3,(H2,21,23). The number of likely N-dealkylation sites (tertiary alicyclic amines) is 1. The van der Waals surface area contributed by atoms with E-state index in [2.05, 4.69) is 21.9 Å². The number of nitrogens with two attached hydrogens (primary N) is 1. The van der Waals surface area contributed by atoms with Crippen molar-refractivity contribution >= 4 is 12.2 Å². The average molecular weight is 355 g/mol. The highest BCUT2D eigenvalue weighted by Gasteiger charge is 2.15. The summed E-state index contributed by atoms with van der Waals surface area (Å²) >= 11 is 0. The predicted octanol–water partition coefficient (Wildman–Crippen LogP) is 3.16. The van der Waals surface area contributed by atoms with E-state index >= 15 is 0 Å². The molecule has 1 aliphatic heterocycles. The van der Waals surface area contributed by atoms with Crippen LogP contribution in [0.15, 0.2) is 35.6 Å². The van der Waals surface area contributed by atoms with Gasteiger partial charge in [0.15, 0.2) is 0 Å². The van der Waals surface area contributed by atoms with E-state index in [-0.39, 0.29) is 0 Å². The molecule has 3 rings (SSSR count). The van der Waals surface area contributed by atoms with E-state index in [0.717, 1.165) is 42.5 Å². The molecule has 26 heavy (non-hydrogen) atoms. The molecule has 0 aliphatic carbocycles. The number of aryl methyl sites for hydroxylation is 1. The lowest BCUT2D eigenvalue weighted by Gasteiger charge is -2.30. The van der Waals surface area contributed by atoms with Crippen LogP contribution in [-0.4, -0.2) is 47.0 Å². The maximum absolute atomic E-state index is 5.86. The molecule has 0 spiro atoms. The normalized spacial score (nSPS) is 18.5. The van der Waals surface area contributed by atoms with Gasteiger partial charge in [0, 0.05) is 13.1 Å². The fourth-order valence-electron chi connectivity index (χ4n) is 3.34. The number of nitrogen functional groups attached to an aromatic ring is 1.